The minimum atomic E-state index is -1.30. The van der Waals surface area contributed by atoms with Gasteiger partial charge in [0.05, 0.1) is 5.52 Å². The summed E-state index contributed by atoms with van der Waals surface area (Å²) in [7, 11) is 0. The van der Waals surface area contributed by atoms with E-state index < -0.39 is 17.2 Å². The maximum atomic E-state index is 14.0. The van der Waals surface area contributed by atoms with Crippen molar-refractivity contribution in [3.05, 3.63) is 46.0 Å². The Morgan fingerprint density at radius 3 is 2.55 bits per heavy atom. The molecule has 0 fully saturated rings. The van der Waals surface area contributed by atoms with E-state index in [1.165, 1.54) is 29.0 Å². The van der Waals surface area contributed by atoms with Crippen LogP contribution in [0.2, 0.25) is 0 Å². The maximum Gasteiger partial charge on any atom is 0.341 e. The Hall–Kier alpha value is -2.17. The van der Waals surface area contributed by atoms with E-state index in [0.29, 0.717) is 6.54 Å². The molecule has 2 aromatic rings. The highest BCUT2D eigenvalue weighted by molar-refractivity contribution is 5.92. The van der Waals surface area contributed by atoms with Gasteiger partial charge in [-0.15, -0.1) is 0 Å². The zero-order valence-corrected chi connectivity index (χ0v) is 11.6. The number of benzene rings is 1. The van der Waals surface area contributed by atoms with E-state index >= 15 is 0 Å². The van der Waals surface area contributed by atoms with Crippen molar-refractivity contribution < 1.29 is 14.3 Å². The molecule has 5 heteroatoms. The van der Waals surface area contributed by atoms with Crippen LogP contribution in [0.3, 0.4) is 0 Å². The third kappa shape index (κ3) is 2.57. The van der Waals surface area contributed by atoms with E-state index in [4.69, 9.17) is 5.11 Å². The molecule has 0 aliphatic rings. The quantitative estimate of drug-likeness (QED) is 0.918. The second-order valence-electron chi connectivity index (χ2n) is 6.00. The first-order valence-corrected chi connectivity index (χ1v) is 6.26. The molecule has 1 aromatic heterocycles. The van der Waals surface area contributed by atoms with Crippen molar-refractivity contribution in [2.24, 2.45) is 5.41 Å². The summed E-state index contributed by atoms with van der Waals surface area (Å²) in [6, 6.07) is 4.12. The van der Waals surface area contributed by atoms with Gasteiger partial charge in [0.25, 0.3) is 0 Å². The zero-order valence-electron chi connectivity index (χ0n) is 11.6. The van der Waals surface area contributed by atoms with Gasteiger partial charge in [0.15, 0.2) is 0 Å². The van der Waals surface area contributed by atoms with Crippen molar-refractivity contribution in [2.75, 3.05) is 0 Å². The average Bonchev–Trinajstić information content (AvgIpc) is 2.30. The van der Waals surface area contributed by atoms with Crippen LogP contribution in [0.15, 0.2) is 29.2 Å². The molecule has 0 atom stereocenters. The topological polar surface area (TPSA) is 59.3 Å². The molecule has 0 saturated carbocycles. The molecule has 0 amide bonds. The summed E-state index contributed by atoms with van der Waals surface area (Å²) in [4.78, 5) is 23.2. The Morgan fingerprint density at radius 2 is 2.00 bits per heavy atom. The minimum Gasteiger partial charge on any atom is -0.477 e. The second kappa shape index (κ2) is 4.74. The summed E-state index contributed by atoms with van der Waals surface area (Å²) in [5.41, 5.74) is -1.03. The molecule has 0 aliphatic heterocycles. The monoisotopic (exact) mass is 277 g/mol. The van der Waals surface area contributed by atoms with Crippen molar-refractivity contribution in [3.63, 3.8) is 0 Å². The number of fused-ring (bicyclic) bond motifs is 1. The smallest absolute Gasteiger partial charge is 0.341 e. The Bertz CT molecular complexity index is 741. The number of para-hydroxylation sites is 1. The van der Waals surface area contributed by atoms with Crippen molar-refractivity contribution in [3.8, 4) is 0 Å². The number of carbonyl (C=O) groups is 1. The number of carboxylic acids is 1. The van der Waals surface area contributed by atoms with Gasteiger partial charge in [0.2, 0.25) is 5.43 Å². The molecule has 0 bridgehead atoms. The molecule has 1 heterocycles. The van der Waals surface area contributed by atoms with E-state index in [2.05, 4.69) is 0 Å². The SMILES string of the molecule is CC(C)(C)Cn1cc(C(=O)O)c(=O)c2cccc(F)c21. The summed E-state index contributed by atoms with van der Waals surface area (Å²) in [5, 5.41) is 9.20. The van der Waals surface area contributed by atoms with Crippen molar-refractivity contribution in [1.29, 1.82) is 0 Å². The molecule has 20 heavy (non-hydrogen) atoms. The summed E-state index contributed by atoms with van der Waals surface area (Å²) in [6.07, 6.45) is 1.22. The lowest BCUT2D eigenvalue weighted by Gasteiger charge is -2.22. The predicted molar refractivity (Wildman–Crippen MR) is 74.6 cm³/mol. The largest absolute Gasteiger partial charge is 0.477 e. The maximum absolute atomic E-state index is 14.0. The lowest BCUT2D eigenvalue weighted by atomic mass is 9.96. The molecule has 106 valence electrons. The Morgan fingerprint density at radius 1 is 1.35 bits per heavy atom. The number of hydrogen-bond donors (Lipinski definition) is 1. The van der Waals surface area contributed by atoms with Gasteiger partial charge in [0, 0.05) is 18.1 Å². The van der Waals surface area contributed by atoms with Crippen LogP contribution in [0.25, 0.3) is 10.9 Å². The van der Waals surface area contributed by atoms with Crippen molar-refractivity contribution in [1.82, 2.24) is 4.57 Å². The number of halogens is 1. The van der Waals surface area contributed by atoms with Crippen LogP contribution in [0.4, 0.5) is 4.39 Å². The van der Waals surface area contributed by atoms with Crippen LogP contribution in [-0.4, -0.2) is 15.6 Å². The molecule has 0 aliphatic carbocycles. The molecule has 4 nitrogen and oxygen atoms in total. The number of aromatic carboxylic acids is 1. The number of pyridine rings is 1. The van der Waals surface area contributed by atoms with E-state index in [1.807, 2.05) is 20.8 Å². The first kappa shape index (κ1) is 14.2. The van der Waals surface area contributed by atoms with Crippen molar-refractivity contribution >= 4 is 16.9 Å². The minimum absolute atomic E-state index is 0.0918. The molecule has 0 spiro atoms. The van der Waals surface area contributed by atoms with Crippen LogP contribution in [-0.2, 0) is 6.54 Å². The van der Waals surface area contributed by atoms with Crippen LogP contribution in [0.5, 0.6) is 0 Å². The molecule has 1 N–H and O–H groups in total. The molecule has 0 unspecified atom stereocenters. The average molecular weight is 277 g/mol. The number of rotatable bonds is 2. The second-order valence-corrected chi connectivity index (χ2v) is 6.00. The summed E-state index contributed by atoms with van der Waals surface area (Å²) in [6.45, 7) is 6.28. The fourth-order valence-corrected chi connectivity index (χ4v) is 2.20. The van der Waals surface area contributed by atoms with Crippen molar-refractivity contribution in [2.45, 2.75) is 27.3 Å². The summed E-state index contributed by atoms with van der Waals surface area (Å²) >= 11 is 0. The Balaban J connectivity index is 2.87. The van der Waals surface area contributed by atoms with Gasteiger partial charge in [-0.3, -0.25) is 4.79 Å². The first-order chi connectivity index (χ1) is 9.20. The first-order valence-electron chi connectivity index (χ1n) is 6.26. The molecular weight excluding hydrogens is 261 g/mol. The van der Waals surface area contributed by atoms with Crippen LogP contribution >= 0.6 is 0 Å². The number of aromatic nitrogens is 1. The van der Waals surface area contributed by atoms with E-state index in [1.54, 1.807) is 0 Å². The van der Waals surface area contributed by atoms with E-state index in [-0.39, 0.29) is 21.9 Å². The predicted octanol–water partition coefficient (Wildman–Crippen LogP) is 2.88. The highest BCUT2D eigenvalue weighted by Gasteiger charge is 2.19. The van der Waals surface area contributed by atoms with Crippen LogP contribution < -0.4 is 5.43 Å². The zero-order chi connectivity index (χ0) is 15.1. The normalized spacial score (nSPS) is 11.8. The summed E-state index contributed by atoms with van der Waals surface area (Å²) in [5.74, 6) is -1.83. The van der Waals surface area contributed by atoms with Gasteiger partial charge < -0.3 is 9.67 Å². The van der Waals surface area contributed by atoms with Gasteiger partial charge in [-0.1, -0.05) is 26.8 Å². The highest BCUT2D eigenvalue weighted by atomic mass is 19.1. The third-order valence-electron chi connectivity index (χ3n) is 2.92. The molecule has 0 radical (unpaired) electrons. The fraction of sp³-hybridized carbons (Fsp3) is 0.333. The molecule has 2 rings (SSSR count). The van der Waals surface area contributed by atoms with Gasteiger partial charge in [-0.25, -0.2) is 9.18 Å². The van der Waals surface area contributed by atoms with Gasteiger partial charge in [-0.05, 0) is 17.5 Å². The molecular formula is C15H16FNO3. The Labute approximate surface area is 115 Å². The number of hydrogen-bond acceptors (Lipinski definition) is 2. The lowest BCUT2D eigenvalue weighted by molar-refractivity contribution is 0.0694. The standard InChI is InChI=1S/C15H16FNO3/c1-15(2,3)8-17-7-10(14(19)20)13(18)9-5-4-6-11(16)12(9)17/h4-7H,8H2,1-3H3,(H,19,20). The number of nitrogens with zero attached hydrogens (tertiary/aromatic N) is 1. The van der Waals surface area contributed by atoms with Crippen LogP contribution in [0, 0.1) is 11.2 Å². The van der Waals surface area contributed by atoms with E-state index in [9.17, 15) is 14.0 Å². The van der Waals surface area contributed by atoms with Gasteiger partial charge >= 0.3 is 5.97 Å². The number of carboxylic acid groups (broad SMARTS) is 1. The summed E-state index contributed by atoms with van der Waals surface area (Å²) < 4.78 is 15.5. The fourth-order valence-electron chi connectivity index (χ4n) is 2.20. The van der Waals surface area contributed by atoms with Gasteiger partial charge in [0.1, 0.15) is 11.4 Å². The Kier molecular flexibility index (Phi) is 3.38. The lowest BCUT2D eigenvalue weighted by Crippen LogP contribution is -2.23. The third-order valence-corrected chi connectivity index (χ3v) is 2.92. The van der Waals surface area contributed by atoms with E-state index in [0.717, 1.165) is 0 Å². The van der Waals surface area contributed by atoms with Crippen LogP contribution in [0.1, 0.15) is 31.1 Å². The van der Waals surface area contributed by atoms with Gasteiger partial charge in [-0.2, -0.15) is 0 Å². The molecule has 0 saturated heterocycles. The molecule has 1 aromatic carbocycles. The highest BCUT2D eigenvalue weighted by Crippen LogP contribution is 2.22.